The summed E-state index contributed by atoms with van der Waals surface area (Å²) in [5.74, 6) is -2.12. The SMILES string of the molecule is CCCCCCc1ccc(-c2ncc(C(=O)N[C@@H](CCN)C(=O)N(C)[C@@H]3C(=O)N[C@@H](C)C(=O)N[C@H](C(=O)NCC#N)Cc4ccc(OCCN)c(c4)-c4cc3ccc4OCCN)c(C)n2)cc1. The van der Waals surface area contributed by atoms with Gasteiger partial charge in [0.1, 0.15) is 55.4 Å². The minimum absolute atomic E-state index is 0.00350. The Labute approximate surface area is 391 Å². The number of nitriles is 1. The molecule has 0 saturated carbocycles. The van der Waals surface area contributed by atoms with Crippen LogP contribution in [0.1, 0.15) is 84.7 Å². The van der Waals surface area contributed by atoms with Gasteiger partial charge in [0.2, 0.25) is 23.6 Å². The zero-order chi connectivity index (χ0) is 48.5. The lowest BCUT2D eigenvalue weighted by Gasteiger charge is -2.32. The smallest absolute Gasteiger partial charge is 0.255 e. The summed E-state index contributed by atoms with van der Waals surface area (Å²) in [6.45, 7) is 5.69. The van der Waals surface area contributed by atoms with Crippen molar-refractivity contribution < 1.29 is 33.4 Å². The van der Waals surface area contributed by atoms with E-state index in [2.05, 4.69) is 50.3 Å². The summed E-state index contributed by atoms with van der Waals surface area (Å²) in [7, 11) is 1.42. The van der Waals surface area contributed by atoms with Gasteiger partial charge in [0.05, 0.1) is 17.3 Å². The standard InChI is InChI=1S/C49H63N11O7/c1-5-6-7-8-9-32-10-13-34(14-11-32)44-55-29-38(30(2)56-44)46(62)58-39(18-19-50)49(65)60(4)43-35-15-17-42(67-25-22-53)37(28-35)36-26-33(12-16-41(36)66-24-21-52)27-40(47(63)54-23-20-51)59-45(61)31(3)57-48(43)64/h10-17,26,28-29,31,39-40,43H,5-9,18-19,21-25,27,50,52-53H2,1-4H3,(H,54,63)(H,57,64)(H,58,62)(H,59,61)/t31-,39-,40-,43-/m0/s1. The summed E-state index contributed by atoms with van der Waals surface area (Å²) in [5.41, 5.74) is 22.1. The molecule has 67 heavy (non-hydrogen) atoms. The molecule has 0 saturated heterocycles. The van der Waals surface area contributed by atoms with Crippen LogP contribution in [0, 0.1) is 18.3 Å². The van der Waals surface area contributed by atoms with Gasteiger partial charge in [-0.05, 0) is 80.6 Å². The predicted octanol–water partition coefficient (Wildman–Crippen LogP) is 2.75. The van der Waals surface area contributed by atoms with Crippen molar-refractivity contribution in [3.63, 3.8) is 0 Å². The van der Waals surface area contributed by atoms with Crippen molar-refractivity contribution in [2.24, 2.45) is 17.2 Å². The average molecular weight is 918 g/mol. The number of nitrogens with one attached hydrogen (secondary N) is 4. The topological polar surface area (TPSA) is 283 Å². The molecule has 1 aliphatic rings. The van der Waals surface area contributed by atoms with Gasteiger partial charge in [-0.15, -0.1) is 0 Å². The first kappa shape index (κ1) is 51.1. The third kappa shape index (κ3) is 13.6. The van der Waals surface area contributed by atoms with Crippen LogP contribution >= 0.6 is 0 Å². The van der Waals surface area contributed by atoms with Gasteiger partial charge in [0, 0.05) is 49.4 Å². The van der Waals surface area contributed by atoms with Gasteiger partial charge in [0.15, 0.2) is 5.82 Å². The molecule has 10 N–H and O–H groups in total. The van der Waals surface area contributed by atoms with Crippen LogP contribution in [0.4, 0.5) is 0 Å². The molecule has 356 valence electrons. The van der Waals surface area contributed by atoms with Crippen molar-refractivity contribution in [2.75, 3.05) is 46.4 Å². The van der Waals surface area contributed by atoms with E-state index in [-0.39, 0.29) is 57.8 Å². The van der Waals surface area contributed by atoms with Gasteiger partial charge in [0.25, 0.3) is 5.91 Å². The number of carbonyl (C=O) groups is 5. The van der Waals surface area contributed by atoms with Crippen LogP contribution in [0.25, 0.3) is 22.5 Å². The number of rotatable bonds is 20. The van der Waals surface area contributed by atoms with Gasteiger partial charge in [-0.1, -0.05) is 62.6 Å². The highest BCUT2D eigenvalue weighted by Crippen LogP contribution is 2.40. The molecule has 4 aromatic rings. The summed E-state index contributed by atoms with van der Waals surface area (Å²) in [6, 6.07) is 15.1. The van der Waals surface area contributed by atoms with Crippen LogP contribution in [-0.2, 0) is 32.0 Å². The molecule has 0 unspecified atom stereocenters. The molecule has 1 aliphatic heterocycles. The Kier molecular flexibility index (Phi) is 19.1. The highest BCUT2D eigenvalue weighted by molar-refractivity contribution is 6.00. The van der Waals surface area contributed by atoms with Crippen molar-refractivity contribution in [1.29, 1.82) is 5.26 Å². The van der Waals surface area contributed by atoms with Crippen LogP contribution in [0.5, 0.6) is 11.5 Å². The second kappa shape index (κ2) is 25.1. The summed E-state index contributed by atoms with van der Waals surface area (Å²) in [4.78, 5) is 80.5. The molecule has 18 nitrogen and oxygen atoms in total. The van der Waals surface area contributed by atoms with Crippen molar-refractivity contribution in [3.05, 3.63) is 94.8 Å². The zero-order valence-electron chi connectivity index (χ0n) is 38.7. The van der Waals surface area contributed by atoms with Crippen LogP contribution in [-0.4, -0.2) is 109 Å². The predicted molar refractivity (Wildman–Crippen MR) is 253 cm³/mol. The first-order valence-electron chi connectivity index (χ1n) is 22.7. The monoisotopic (exact) mass is 917 g/mol. The van der Waals surface area contributed by atoms with Gasteiger partial charge in [-0.2, -0.15) is 5.26 Å². The minimum atomic E-state index is -1.40. The molecular weight excluding hydrogens is 855 g/mol. The molecule has 0 radical (unpaired) electrons. The summed E-state index contributed by atoms with van der Waals surface area (Å²) in [6.07, 6.45) is 7.12. The van der Waals surface area contributed by atoms with Gasteiger partial charge in [-0.25, -0.2) is 9.97 Å². The Morgan fingerprint density at radius 1 is 0.910 bits per heavy atom. The van der Waals surface area contributed by atoms with Crippen molar-refractivity contribution in [3.8, 4) is 40.1 Å². The van der Waals surface area contributed by atoms with Gasteiger partial charge in [-0.3, -0.25) is 24.0 Å². The van der Waals surface area contributed by atoms with Crippen molar-refractivity contribution in [2.45, 2.75) is 89.9 Å². The fourth-order valence-electron chi connectivity index (χ4n) is 7.77. The Morgan fingerprint density at radius 3 is 2.24 bits per heavy atom. The molecule has 0 spiro atoms. The van der Waals surface area contributed by atoms with E-state index in [4.69, 9.17) is 31.9 Å². The van der Waals surface area contributed by atoms with Crippen LogP contribution in [0.15, 0.2) is 66.9 Å². The number of fused-ring (bicyclic) bond motifs is 5. The first-order valence-corrected chi connectivity index (χ1v) is 22.7. The number of aromatic nitrogens is 2. The Hall–Kier alpha value is -6.94. The molecule has 0 aliphatic carbocycles. The summed E-state index contributed by atoms with van der Waals surface area (Å²) < 4.78 is 12.2. The lowest BCUT2D eigenvalue weighted by Crippen LogP contribution is -2.56. The fraction of sp³-hybridized carbons (Fsp3) is 0.429. The molecule has 5 amide bonds. The number of hydrogen-bond donors (Lipinski definition) is 7. The number of hydrogen-bond acceptors (Lipinski definition) is 13. The second-order valence-electron chi connectivity index (χ2n) is 16.4. The van der Waals surface area contributed by atoms with Crippen molar-refractivity contribution >= 4 is 29.5 Å². The van der Waals surface area contributed by atoms with Crippen molar-refractivity contribution in [1.82, 2.24) is 36.1 Å². The molecule has 3 aromatic carbocycles. The average Bonchev–Trinajstić information content (AvgIpc) is 3.32. The number of nitrogens with zero attached hydrogens (tertiary/aromatic N) is 4. The largest absolute Gasteiger partial charge is 0.492 e. The maximum absolute atomic E-state index is 14.7. The number of amides is 5. The molecule has 2 heterocycles. The lowest BCUT2D eigenvalue weighted by atomic mass is 9.93. The maximum atomic E-state index is 14.7. The third-order valence-electron chi connectivity index (χ3n) is 11.4. The minimum Gasteiger partial charge on any atom is -0.492 e. The summed E-state index contributed by atoms with van der Waals surface area (Å²) in [5, 5.41) is 19.9. The molecule has 1 aromatic heterocycles. The quantitative estimate of drug-likeness (QED) is 0.0497. The zero-order valence-corrected chi connectivity index (χ0v) is 38.7. The molecule has 0 fully saturated rings. The molecule has 4 atom stereocenters. The van der Waals surface area contributed by atoms with E-state index < -0.39 is 53.7 Å². The van der Waals surface area contributed by atoms with E-state index in [9.17, 15) is 24.0 Å². The first-order chi connectivity index (χ1) is 32.3. The number of likely N-dealkylation sites (N-methyl/N-ethyl adjacent to an activating group) is 1. The van der Waals surface area contributed by atoms with E-state index >= 15 is 0 Å². The third-order valence-corrected chi connectivity index (χ3v) is 11.4. The Balaban J connectivity index is 1.51. The number of aryl methyl sites for hydroxylation is 2. The van der Waals surface area contributed by atoms with E-state index in [0.717, 1.165) is 18.4 Å². The molecule has 4 bridgehead atoms. The number of nitrogens with two attached hydrogens (primary N) is 3. The highest BCUT2D eigenvalue weighted by atomic mass is 16.5. The Morgan fingerprint density at radius 2 is 1.60 bits per heavy atom. The molecular formula is C49H63N11O7. The van der Waals surface area contributed by atoms with Gasteiger partial charge < -0.3 is 52.8 Å². The fourth-order valence-corrected chi connectivity index (χ4v) is 7.77. The molecule has 18 heteroatoms. The van der Waals surface area contributed by atoms with E-state index in [1.165, 1.54) is 49.9 Å². The Bertz CT molecular complexity index is 2410. The van der Waals surface area contributed by atoms with E-state index in [0.29, 0.717) is 45.3 Å². The van der Waals surface area contributed by atoms with Crippen LogP contribution in [0.2, 0.25) is 0 Å². The lowest BCUT2D eigenvalue weighted by molar-refractivity contribution is -0.141. The number of benzene rings is 3. The second-order valence-corrected chi connectivity index (χ2v) is 16.4. The highest BCUT2D eigenvalue weighted by Gasteiger charge is 2.36. The van der Waals surface area contributed by atoms with Crippen LogP contribution < -0.4 is 47.9 Å². The number of ether oxygens (including phenoxy) is 2. The van der Waals surface area contributed by atoms with E-state index in [1.54, 1.807) is 43.3 Å². The summed E-state index contributed by atoms with van der Waals surface area (Å²) >= 11 is 0. The number of carbonyl (C=O) groups excluding carboxylic acids is 5. The van der Waals surface area contributed by atoms with Crippen LogP contribution in [0.3, 0.4) is 0 Å². The van der Waals surface area contributed by atoms with Gasteiger partial charge >= 0.3 is 0 Å². The normalized spacial score (nSPS) is 16.3. The maximum Gasteiger partial charge on any atom is 0.255 e. The molecule has 5 rings (SSSR count). The number of unbranched alkanes of at least 4 members (excludes halogenated alkanes) is 3. The van der Waals surface area contributed by atoms with E-state index in [1.807, 2.05) is 18.2 Å².